The third-order valence-corrected chi connectivity index (χ3v) is 5.60. The molecule has 27 heavy (non-hydrogen) atoms. The zero-order valence-corrected chi connectivity index (χ0v) is 15.5. The van der Waals surface area contributed by atoms with Gasteiger partial charge in [-0.25, -0.2) is 17.6 Å². The minimum Gasteiger partial charge on any atom is -0.246 e. The molecule has 0 heterocycles. The summed E-state index contributed by atoms with van der Waals surface area (Å²) < 4.78 is 54.9. The Morgan fingerprint density at radius 1 is 0.926 bits per heavy atom. The second kappa shape index (κ2) is 8.73. The van der Waals surface area contributed by atoms with Gasteiger partial charge < -0.3 is 0 Å². The third-order valence-electron chi connectivity index (χ3n) is 5.60. The van der Waals surface area contributed by atoms with Gasteiger partial charge >= 0.3 is 0 Å². The van der Waals surface area contributed by atoms with Gasteiger partial charge in [-0.1, -0.05) is 24.3 Å². The molecule has 0 aromatic heterocycles. The highest BCUT2D eigenvalue weighted by Crippen LogP contribution is 2.38. The summed E-state index contributed by atoms with van der Waals surface area (Å²) in [5.41, 5.74) is 0.526. The smallest absolute Gasteiger partial charge is 0.132 e. The van der Waals surface area contributed by atoms with Gasteiger partial charge in [-0.05, 0) is 80.2 Å². The molecule has 0 bridgehead atoms. The fraction of sp³-hybridized carbons (Fsp3) is 0.391. The van der Waals surface area contributed by atoms with Gasteiger partial charge in [-0.15, -0.1) is 0 Å². The molecule has 0 radical (unpaired) electrons. The maximum Gasteiger partial charge on any atom is 0.132 e. The number of alkyl halides is 1. The summed E-state index contributed by atoms with van der Waals surface area (Å²) in [6.07, 6.45) is 9.67. The summed E-state index contributed by atoms with van der Waals surface area (Å²) >= 11 is 0. The number of benzene rings is 2. The highest BCUT2D eigenvalue weighted by molar-refractivity contribution is 5.65. The lowest BCUT2D eigenvalue weighted by Crippen LogP contribution is -2.13. The Kier molecular flexibility index (Phi) is 6.35. The highest BCUT2D eigenvalue weighted by Gasteiger charge is 2.23. The van der Waals surface area contributed by atoms with E-state index < -0.39 is 29.7 Å². The quantitative estimate of drug-likeness (QED) is 0.375. The van der Waals surface area contributed by atoms with Crippen molar-refractivity contribution in [3.63, 3.8) is 0 Å². The second-order valence-corrected chi connectivity index (χ2v) is 7.31. The molecule has 4 heteroatoms. The number of hydrogen-bond acceptors (Lipinski definition) is 0. The summed E-state index contributed by atoms with van der Waals surface area (Å²) in [6.45, 7) is 0.801. The monoisotopic (exact) mass is 376 g/mol. The van der Waals surface area contributed by atoms with Gasteiger partial charge in [0.25, 0.3) is 0 Å². The standard InChI is InChI=1S/C23H24F4/c1-2-3-4-15-5-7-16(8-6-15)17-9-10-19(21(25)11-17)18-12-22(26)20(14-24)23(27)13-18/h2-3,9-13,15-16H,4-8,14H2,1H3/b3-2-. The van der Waals surface area contributed by atoms with E-state index in [0.29, 0.717) is 11.8 Å². The molecule has 1 fully saturated rings. The number of hydrogen-bond donors (Lipinski definition) is 0. The Hall–Kier alpha value is -2.10. The van der Waals surface area contributed by atoms with E-state index in [1.807, 2.05) is 13.0 Å². The van der Waals surface area contributed by atoms with Crippen molar-refractivity contribution in [2.24, 2.45) is 5.92 Å². The number of rotatable bonds is 5. The van der Waals surface area contributed by atoms with Gasteiger partial charge in [-0.2, -0.15) is 0 Å². The minimum absolute atomic E-state index is 0.0845. The maximum atomic E-state index is 14.7. The van der Waals surface area contributed by atoms with E-state index in [1.54, 1.807) is 6.07 Å². The van der Waals surface area contributed by atoms with E-state index in [1.165, 1.54) is 6.07 Å². The van der Waals surface area contributed by atoms with Crippen LogP contribution in [-0.2, 0) is 6.67 Å². The molecule has 3 rings (SSSR count). The van der Waals surface area contributed by atoms with Crippen LogP contribution in [-0.4, -0.2) is 0 Å². The first-order valence-corrected chi connectivity index (χ1v) is 9.48. The average Bonchev–Trinajstić information content (AvgIpc) is 2.66. The van der Waals surface area contributed by atoms with Gasteiger partial charge in [0.05, 0.1) is 5.56 Å². The molecule has 0 amide bonds. The highest BCUT2D eigenvalue weighted by atomic mass is 19.1. The fourth-order valence-electron chi connectivity index (χ4n) is 3.97. The Labute approximate surface area is 157 Å². The van der Waals surface area contributed by atoms with Crippen molar-refractivity contribution in [1.29, 1.82) is 0 Å². The fourth-order valence-corrected chi connectivity index (χ4v) is 3.97. The Morgan fingerprint density at radius 3 is 2.15 bits per heavy atom. The zero-order chi connectivity index (χ0) is 19.4. The van der Waals surface area contributed by atoms with Crippen LogP contribution in [0.1, 0.15) is 56.1 Å². The lowest BCUT2D eigenvalue weighted by atomic mass is 9.77. The van der Waals surface area contributed by atoms with Crippen LogP contribution in [0.4, 0.5) is 17.6 Å². The Balaban J connectivity index is 1.77. The van der Waals surface area contributed by atoms with Crippen LogP contribution in [0, 0.1) is 23.4 Å². The van der Waals surface area contributed by atoms with Crippen molar-refractivity contribution in [2.45, 2.75) is 51.6 Å². The van der Waals surface area contributed by atoms with Gasteiger partial charge in [0.15, 0.2) is 0 Å². The predicted molar refractivity (Wildman–Crippen MR) is 101 cm³/mol. The van der Waals surface area contributed by atoms with Crippen LogP contribution < -0.4 is 0 Å². The molecule has 0 atom stereocenters. The lowest BCUT2D eigenvalue weighted by Gasteiger charge is -2.28. The Bertz CT molecular complexity index is 794. The van der Waals surface area contributed by atoms with E-state index in [9.17, 15) is 17.6 Å². The first-order valence-electron chi connectivity index (χ1n) is 9.48. The minimum atomic E-state index is -1.23. The molecule has 0 unspecified atom stereocenters. The van der Waals surface area contributed by atoms with Crippen LogP contribution in [0.2, 0.25) is 0 Å². The van der Waals surface area contributed by atoms with E-state index in [0.717, 1.165) is 49.8 Å². The van der Waals surface area contributed by atoms with E-state index in [2.05, 4.69) is 12.2 Å². The van der Waals surface area contributed by atoms with Crippen molar-refractivity contribution in [3.05, 3.63) is 71.1 Å². The molecule has 0 spiro atoms. The molecule has 1 aliphatic carbocycles. The van der Waals surface area contributed by atoms with Crippen molar-refractivity contribution < 1.29 is 17.6 Å². The molecule has 1 aliphatic rings. The van der Waals surface area contributed by atoms with Gasteiger partial charge in [0.1, 0.15) is 24.1 Å². The number of allylic oxidation sites excluding steroid dienone is 2. The molecule has 144 valence electrons. The second-order valence-electron chi connectivity index (χ2n) is 7.31. The largest absolute Gasteiger partial charge is 0.246 e. The summed E-state index contributed by atoms with van der Waals surface area (Å²) in [7, 11) is 0. The number of halogens is 4. The van der Waals surface area contributed by atoms with Crippen LogP contribution in [0.3, 0.4) is 0 Å². The molecular weight excluding hydrogens is 352 g/mol. The summed E-state index contributed by atoms with van der Waals surface area (Å²) in [4.78, 5) is 0. The summed E-state index contributed by atoms with van der Waals surface area (Å²) in [5, 5.41) is 0. The van der Waals surface area contributed by atoms with Crippen LogP contribution in [0.15, 0.2) is 42.5 Å². The normalized spacial score (nSPS) is 20.3. The van der Waals surface area contributed by atoms with Gasteiger partial charge in [-0.3, -0.25) is 0 Å². The van der Waals surface area contributed by atoms with Crippen molar-refractivity contribution in [1.82, 2.24) is 0 Å². The average molecular weight is 376 g/mol. The molecular formula is C23H24F4. The lowest BCUT2D eigenvalue weighted by molar-refractivity contribution is 0.328. The van der Waals surface area contributed by atoms with Gasteiger partial charge in [0.2, 0.25) is 0 Å². The first-order chi connectivity index (χ1) is 13.0. The van der Waals surface area contributed by atoms with Crippen molar-refractivity contribution in [2.75, 3.05) is 0 Å². The van der Waals surface area contributed by atoms with Crippen molar-refractivity contribution in [3.8, 4) is 11.1 Å². The van der Waals surface area contributed by atoms with Crippen molar-refractivity contribution >= 4 is 0 Å². The third kappa shape index (κ3) is 4.42. The molecule has 0 N–H and O–H groups in total. The molecule has 2 aromatic rings. The molecule has 0 aliphatic heterocycles. The molecule has 2 aromatic carbocycles. The van der Waals surface area contributed by atoms with Crippen LogP contribution in [0.5, 0.6) is 0 Å². The maximum absolute atomic E-state index is 14.7. The van der Waals surface area contributed by atoms with E-state index in [4.69, 9.17) is 0 Å². The summed E-state index contributed by atoms with van der Waals surface area (Å²) in [6, 6.07) is 6.87. The Morgan fingerprint density at radius 2 is 1.59 bits per heavy atom. The zero-order valence-electron chi connectivity index (χ0n) is 15.5. The van der Waals surface area contributed by atoms with E-state index >= 15 is 0 Å². The topological polar surface area (TPSA) is 0 Å². The molecule has 1 saturated carbocycles. The van der Waals surface area contributed by atoms with E-state index in [-0.39, 0.29) is 11.1 Å². The molecule has 0 saturated heterocycles. The molecule has 0 nitrogen and oxygen atoms in total. The van der Waals surface area contributed by atoms with Gasteiger partial charge in [0, 0.05) is 5.56 Å². The van der Waals surface area contributed by atoms with Crippen LogP contribution in [0.25, 0.3) is 11.1 Å². The first kappa shape index (κ1) is 19.7. The summed E-state index contributed by atoms with van der Waals surface area (Å²) in [5.74, 6) is -1.47. The van der Waals surface area contributed by atoms with Crippen LogP contribution >= 0.6 is 0 Å². The SMILES string of the molecule is C/C=C\CC1CCC(c2ccc(-c3cc(F)c(CF)c(F)c3)c(F)c2)CC1. The predicted octanol–water partition coefficient (Wildman–Crippen LogP) is 7.48.